The van der Waals surface area contributed by atoms with E-state index in [1.165, 1.54) is 0 Å². The Balaban J connectivity index is 1.95. The molecule has 0 heteroatoms. The predicted octanol–water partition coefficient (Wildman–Crippen LogP) is 10.1. The largest absolute Gasteiger partial charge is 0.0630 e. The molecule has 168 valence electrons. The maximum absolute atomic E-state index is 9.50. The third kappa shape index (κ3) is 3.23. The van der Waals surface area contributed by atoms with Gasteiger partial charge in [-0.2, -0.15) is 0 Å². The van der Waals surface area contributed by atoms with Gasteiger partial charge in [0.2, 0.25) is 0 Å². The van der Waals surface area contributed by atoms with Crippen molar-refractivity contribution in [3.05, 3.63) is 145 Å². The van der Waals surface area contributed by atoms with Crippen molar-refractivity contribution >= 4 is 32.3 Å². The molecule has 0 aliphatic heterocycles. The second-order valence-electron chi connectivity index (χ2n) is 7.87. The second kappa shape index (κ2) is 8.52. The maximum Gasteiger partial charge on any atom is 0.0630 e. The summed E-state index contributed by atoms with van der Waals surface area (Å²) in [5.41, 5.74) is -1.96. The smallest absolute Gasteiger partial charge is 0.0622 e. The van der Waals surface area contributed by atoms with Gasteiger partial charge in [0.05, 0.1) is 26.0 Å². The van der Waals surface area contributed by atoms with Crippen LogP contribution < -0.4 is 0 Å². The summed E-state index contributed by atoms with van der Waals surface area (Å²) in [4.78, 5) is 0. The van der Waals surface area contributed by atoms with E-state index in [1.807, 2.05) is 0 Å². The van der Waals surface area contributed by atoms with Crippen molar-refractivity contribution in [1.29, 1.82) is 0 Å². The van der Waals surface area contributed by atoms with Crippen LogP contribution in [0.15, 0.2) is 145 Å². The summed E-state index contributed by atoms with van der Waals surface area (Å²) in [5, 5.41) is -2.82. The van der Waals surface area contributed by atoms with Gasteiger partial charge < -0.3 is 0 Å². The molecule has 0 saturated carbocycles. The fourth-order valence-corrected chi connectivity index (χ4v) is 4.45. The highest BCUT2D eigenvalue weighted by Gasteiger charge is 2.18. The summed E-state index contributed by atoms with van der Waals surface area (Å²) in [6.45, 7) is 0. The van der Waals surface area contributed by atoms with Crippen molar-refractivity contribution in [3.8, 4) is 33.4 Å². The monoisotopic (exact) mass is 475 g/mol. The zero-order chi connectivity index (χ0) is 40.4. The van der Waals surface area contributed by atoms with Crippen LogP contribution in [0.25, 0.3) is 65.7 Å². The number of benzene rings is 7. The Hall–Kier alpha value is -4.68. The van der Waals surface area contributed by atoms with Crippen LogP contribution in [0.4, 0.5) is 0 Å². The zero-order valence-electron chi connectivity index (χ0n) is 37.4. The fourth-order valence-electron chi connectivity index (χ4n) is 4.45. The highest BCUT2D eigenvalue weighted by Crippen LogP contribution is 2.46. The van der Waals surface area contributed by atoms with Gasteiger partial charge in [0.1, 0.15) is 0 Å². The molecule has 0 amide bonds. The Kier molecular flexibility index (Phi) is 2.15. The SMILES string of the molecule is [2H]c1c([2H])c([2H])c(-c2c3c([2H])c([2H])c([2H])c([2H])c3c(-c3c([2H])c([2H])c(-c4ccccc4)c4c([2H])c([2H])c([2H])c([2H])c34)c3c([2H])c([2H])c([2H])c([2H])c23)c([2H])c1[2H]. The van der Waals surface area contributed by atoms with Gasteiger partial charge in [-0.05, 0) is 65.7 Å². The van der Waals surface area contributed by atoms with Crippen LogP contribution in [-0.4, -0.2) is 0 Å². The molecule has 0 saturated heterocycles. The van der Waals surface area contributed by atoms with Crippen LogP contribution in [0.3, 0.4) is 0 Å². The molecule has 0 aliphatic carbocycles. The molecule has 0 aliphatic rings. The molecule has 7 rings (SSSR count). The average Bonchev–Trinajstić information content (AvgIpc) is 3.17. The zero-order valence-corrected chi connectivity index (χ0v) is 18.4. The Labute approximate surface area is 237 Å². The molecule has 0 fully saturated rings. The van der Waals surface area contributed by atoms with E-state index in [9.17, 15) is 5.48 Å². The highest BCUT2D eigenvalue weighted by molar-refractivity contribution is 6.24. The van der Waals surface area contributed by atoms with Gasteiger partial charge in [0.15, 0.2) is 0 Å². The quantitative estimate of drug-likeness (QED) is 0.223. The van der Waals surface area contributed by atoms with Crippen molar-refractivity contribution < 1.29 is 26.0 Å². The van der Waals surface area contributed by atoms with Crippen LogP contribution >= 0.6 is 0 Å². The van der Waals surface area contributed by atoms with Crippen molar-refractivity contribution in [2.24, 2.45) is 0 Å². The van der Waals surface area contributed by atoms with E-state index in [0.29, 0.717) is 5.56 Å². The van der Waals surface area contributed by atoms with Crippen molar-refractivity contribution in [2.75, 3.05) is 0 Å². The molecule has 0 nitrogen and oxygen atoms in total. The number of rotatable bonds is 3. The highest BCUT2D eigenvalue weighted by atomic mass is 14.2. The lowest BCUT2D eigenvalue weighted by molar-refractivity contribution is 1.64. The van der Waals surface area contributed by atoms with Crippen LogP contribution in [0.2, 0.25) is 0 Å². The minimum atomic E-state index is -0.851. The Morgan fingerprint density at radius 2 is 0.778 bits per heavy atom. The molecule has 7 aromatic rings. The van der Waals surface area contributed by atoms with Gasteiger partial charge in [0, 0.05) is 0 Å². The van der Waals surface area contributed by atoms with Gasteiger partial charge in [-0.15, -0.1) is 0 Å². The van der Waals surface area contributed by atoms with E-state index < -0.39 is 159 Å². The minimum Gasteiger partial charge on any atom is -0.0622 e. The van der Waals surface area contributed by atoms with Gasteiger partial charge in [0.25, 0.3) is 0 Å². The number of hydrogen-bond acceptors (Lipinski definition) is 0. The lowest BCUT2D eigenvalue weighted by Gasteiger charge is -2.19. The normalized spacial score (nSPS) is 18.7. The van der Waals surface area contributed by atoms with E-state index in [0.717, 1.165) is 0 Å². The van der Waals surface area contributed by atoms with E-state index in [1.54, 1.807) is 30.3 Å². The molecule has 0 heterocycles. The standard InChI is InChI=1S/C36H24/c1-3-13-25(14-4-1)27-23-24-34(29-18-8-7-17-28(27)29)36-32-21-11-9-19-30(32)35(26-15-5-2-6-16-26)31-20-10-12-22-33(31)36/h1-24H/i2D,5D,6D,7D,8D,9D,10D,11D,12D,15D,16D,17D,18D,19D,20D,21D,22D,23D,24D. The summed E-state index contributed by atoms with van der Waals surface area (Å²) in [7, 11) is 0. The summed E-state index contributed by atoms with van der Waals surface area (Å²) in [6, 6.07) is -6.91. The first-order valence-electron chi connectivity index (χ1n) is 20.4. The first kappa shape index (κ1) is 9.08. The summed E-state index contributed by atoms with van der Waals surface area (Å²) >= 11 is 0. The molecular weight excluding hydrogens is 432 g/mol. The summed E-state index contributed by atoms with van der Waals surface area (Å²) in [6.07, 6.45) is 0. The van der Waals surface area contributed by atoms with Crippen LogP contribution in [0.5, 0.6) is 0 Å². The molecule has 0 spiro atoms. The van der Waals surface area contributed by atoms with Crippen molar-refractivity contribution in [3.63, 3.8) is 0 Å². The number of hydrogen-bond donors (Lipinski definition) is 0. The minimum absolute atomic E-state index is 0.0653. The number of fused-ring (bicyclic) bond motifs is 3. The predicted molar refractivity (Wildman–Crippen MR) is 155 cm³/mol. The van der Waals surface area contributed by atoms with E-state index in [2.05, 4.69) is 0 Å². The lowest BCUT2D eigenvalue weighted by atomic mass is 9.84. The first-order chi connectivity index (χ1) is 25.8. The van der Waals surface area contributed by atoms with Crippen LogP contribution in [0.1, 0.15) is 26.0 Å². The van der Waals surface area contributed by atoms with Crippen molar-refractivity contribution in [2.45, 2.75) is 0 Å². The van der Waals surface area contributed by atoms with Crippen LogP contribution in [0, 0.1) is 0 Å². The Morgan fingerprint density at radius 3 is 1.36 bits per heavy atom. The molecule has 0 aromatic heterocycles. The lowest BCUT2D eigenvalue weighted by Crippen LogP contribution is -1.92. The summed E-state index contributed by atoms with van der Waals surface area (Å²) < 4.78 is 168. The van der Waals surface area contributed by atoms with Crippen molar-refractivity contribution in [1.82, 2.24) is 0 Å². The molecule has 0 unspecified atom stereocenters. The molecule has 0 radical (unpaired) electrons. The molecule has 36 heavy (non-hydrogen) atoms. The van der Waals surface area contributed by atoms with Gasteiger partial charge >= 0.3 is 0 Å². The average molecular weight is 476 g/mol. The molecular formula is C36H24. The summed E-state index contributed by atoms with van der Waals surface area (Å²) in [5.74, 6) is 0. The topological polar surface area (TPSA) is 0 Å². The third-order valence-electron chi connectivity index (χ3n) is 5.94. The second-order valence-corrected chi connectivity index (χ2v) is 7.87. The van der Waals surface area contributed by atoms with E-state index in [-0.39, 0.29) is 16.3 Å². The van der Waals surface area contributed by atoms with E-state index >= 15 is 0 Å². The van der Waals surface area contributed by atoms with Gasteiger partial charge in [-0.1, -0.05) is 145 Å². The van der Waals surface area contributed by atoms with Crippen LogP contribution in [-0.2, 0) is 0 Å². The third-order valence-corrected chi connectivity index (χ3v) is 5.94. The first-order valence-corrected chi connectivity index (χ1v) is 10.9. The molecule has 0 bridgehead atoms. The maximum atomic E-state index is 9.50. The van der Waals surface area contributed by atoms with E-state index in [4.69, 9.17) is 20.6 Å². The molecule has 0 N–H and O–H groups in total. The molecule has 7 aromatic carbocycles. The fraction of sp³-hybridized carbons (Fsp3) is 0. The Morgan fingerprint density at radius 1 is 0.333 bits per heavy atom. The Bertz CT molecular complexity index is 2790. The van der Waals surface area contributed by atoms with Gasteiger partial charge in [-0.25, -0.2) is 0 Å². The van der Waals surface area contributed by atoms with Gasteiger partial charge in [-0.3, -0.25) is 0 Å². The molecule has 0 atom stereocenters.